The van der Waals surface area contributed by atoms with Crippen LogP contribution in [0.4, 0.5) is 17.1 Å². The van der Waals surface area contributed by atoms with Gasteiger partial charge in [0.15, 0.2) is 5.82 Å². The van der Waals surface area contributed by atoms with E-state index in [9.17, 15) is 25.0 Å². The van der Waals surface area contributed by atoms with Gasteiger partial charge in [-0.2, -0.15) is 0 Å². The maximum absolute atomic E-state index is 12.1. The van der Waals surface area contributed by atoms with Crippen molar-refractivity contribution in [3.63, 3.8) is 0 Å². The lowest BCUT2D eigenvalue weighted by atomic mass is 10.1. The van der Waals surface area contributed by atoms with E-state index < -0.39 is 27.0 Å². The van der Waals surface area contributed by atoms with E-state index in [1.165, 1.54) is 18.2 Å². The molecule has 2 rings (SSSR count). The van der Waals surface area contributed by atoms with Crippen LogP contribution in [0.2, 0.25) is 0 Å². The first kappa shape index (κ1) is 16.2. The van der Waals surface area contributed by atoms with Gasteiger partial charge in [-0.25, -0.2) is 0 Å². The maximum atomic E-state index is 12.1. The van der Waals surface area contributed by atoms with E-state index in [0.29, 0.717) is 5.69 Å². The minimum atomic E-state index is -0.861. The van der Waals surface area contributed by atoms with Crippen LogP contribution in [0.1, 0.15) is 20.8 Å². The molecule has 0 spiro atoms. The Hall–Kier alpha value is -3.17. The number of nitrogens with zero attached hydrogens (tertiary/aromatic N) is 2. The second kappa shape index (κ2) is 5.55. The van der Waals surface area contributed by atoms with Crippen LogP contribution in [-0.2, 0) is 4.79 Å². The summed E-state index contributed by atoms with van der Waals surface area (Å²) in [6.45, 7) is 5.09. The van der Waals surface area contributed by atoms with Gasteiger partial charge in [0.05, 0.1) is 21.2 Å². The third-order valence-corrected chi connectivity index (χ3v) is 2.86. The van der Waals surface area contributed by atoms with Gasteiger partial charge in [-0.05, 0) is 26.8 Å². The van der Waals surface area contributed by atoms with E-state index in [1.807, 2.05) is 0 Å². The van der Waals surface area contributed by atoms with Crippen molar-refractivity contribution in [2.45, 2.75) is 26.3 Å². The fourth-order valence-corrected chi connectivity index (χ4v) is 1.96. The molecular formula is C13H15N5O5. The molecule has 1 heterocycles. The fraction of sp³-hybridized carbons (Fsp3) is 0.308. The summed E-state index contributed by atoms with van der Waals surface area (Å²) in [5.41, 5.74) is -0.811. The Kier molecular flexibility index (Phi) is 3.91. The molecule has 0 aromatic heterocycles. The highest BCUT2D eigenvalue weighted by Gasteiger charge is 2.34. The highest BCUT2D eigenvalue weighted by atomic mass is 16.6. The minimum Gasteiger partial charge on any atom is -0.342 e. The number of anilines is 2. The molecule has 0 atom stereocenters. The van der Waals surface area contributed by atoms with Crippen LogP contribution in [0.25, 0.3) is 0 Å². The Bertz CT molecular complexity index is 735. The second-order valence-electron chi connectivity index (χ2n) is 5.92. The van der Waals surface area contributed by atoms with Gasteiger partial charge >= 0.3 is 11.6 Å². The highest BCUT2D eigenvalue weighted by molar-refractivity contribution is 5.95. The molecule has 0 saturated carbocycles. The van der Waals surface area contributed by atoms with Crippen molar-refractivity contribution in [3.8, 4) is 0 Å². The van der Waals surface area contributed by atoms with E-state index in [-0.39, 0.29) is 17.2 Å². The summed E-state index contributed by atoms with van der Waals surface area (Å²) in [7, 11) is 0. The van der Waals surface area contributed by atoms with Gasteiger partial charge in [0.1, 0.15) is 0 Å². The van der Waals surface area contributed by atoms with Gasteiger partial charge in [-0.15, -0.1) is 0 Å². The summed E-state index contributed by atoms with van der Waals surface area (Å²) in [5, 5.41) is 29.8. The van der Waals surface area contributed by atoms with Crippen molar-refractivity contribution in [3.05, 3.63) is 49.9 Å². The molecule has 0 unspecified atom stereocenters. The fourth-order valence-electron chi connectivity index (χ4n) is 1.96. The highest BCUT2D eigenvalue weighted by Crippen LogP contribution is 2.34. The normalized spacial score (nSPS) is 15.1. The van der Waals surface area contributed by atoms with Crippen molar-refractivity contribution in [1.82, 2.24) is 5.32 Å². The Labute approximate surface area is 130 Å². The minimum absolute atomic E-state index is 0.132. The average molecular weight is 321 g/mol. The number of nitro benzene ring substituents is 1. The average Bonchev–Trinajstić information content (AvgIpc) is 2.77. The zero-order chi connectivity index (χ0) is 17.4. The SMILES string of the molecule is CC(C)(C)NC(=O)C(=C1Nc2ccc([N+](=O)[O-])cc2N1)[N+](=O)[O-]. The molecule has 0 fully saturated rings. The van der Waals surface area contributed by atoms with Crippen LogP contribution < -0.4 is 16.0 Å². The third kappa shape index (κ3) is 3.54. The summed E-state index contributed by atoms with van der Waals surface area (Å²) < 4.78 is 0. The predicted molar refractivity (Wildman–Crippen MR) is 82.3 cm³/mol. The van der Waals surface area contributed by atoms with E-state index >= 15 is 0 Å². The number of nitro groups is 2. The second-order valence-corrected chi connectivity index (χ2v) is 5.92. The Morgan fingerprint density at radius 1 is 1.13 bits per heavy atom. The summed E-state index contributed by atoms with van der Waals surface area (Å²) in [6.07, 6.45) is 0. The number of rotatable bonds is 3. The molecule has 10 heteroatoms. The molecule has 1 aromatic rings. The zero-order valence-electron chi connectivity index (χ0n) is 12.7. The van der Waals surface area contributed by atoms with Crippen LogP contribution in [0.15, 0.2) is 29.7 Å². The first-order valence-corrected chi connectivity index (χ1v) is 6.62. The summed E-state index contributed by atoms with van der Waals surface area (Å²) in [4.78, 5) is 32.7. The number of carbonyl (C=O) groups is 1. The molecule has 0 radical (unpaired) electrons. The van der Waals surface area contributed by atoms with Gasteiger partial charge in [-0.1, -0.05) is 0 Å². The molecular weight excluding hydrogens is 306 g/mol. The van der Waals surface area contributed by atoms with Crippen LogP contribution in [-0.4, -0.2) is 21.3 Å². The Morgan fingerprint density at radius 3 is 2.26 bits per heavy atom. The molecule has 0 bridgehead atoms. The number of non-ortho nitro benzene ring substituents is 1. The molecule has 1 aliphatic rings. The van der Waals surface area contributed by atoms with Gasteiger partial charge < -0.3 is 16.0 Å². The van der Waals surface area contributed by atoms with E-state index in [4.69, 9.17) is 0 Å². The number of benzene rings is 1. The molecule has 1 amide bonds. The molecule has 23 heavy (non-hydrogen) atoms. The molecule has 1 aliphatic heterocycles. The number of carbonyl (C=O) groups excluding carboxylic acids is 1. The summed E-state index contributed by atoms with van der Waals surface area (Å²) in [6, 6.07) is 3.90. The van der Waals surface area contributed by atoms with Gasteiger partial charge in [0.2, 0.25) is 0 Å². The summed E-state index contributed by atoms with van der Waals surface area (Å²) >= 11 is 0. The van der Waals surface area contributed by atoms with Crippen molar-refractivity contribution in [2.24, 2.45) is 0 Å². The number of nitrogens with one attached hydrogen (secondary N) is 3. The van der Waals surface area contributed by atoms with Gasteiger partial charge in [0.25, 0.3) is 5.69 Å². The van der Waals surface area contributed by atoms with Crippen molar-refractivity contribution in [2.75, 3.05) is 10.6 Å². The number of amides is 1. The zero-order valence-corrected chi connectivity index (χ0v) is 12.7. The molecule has 10 nitrogen and oxygen atoms in total. The van der Waals surface area contributed by atoms with Gasteiger partial charge in [0, 0.05) is 17.7 Å². The van der Waals surface area contributed by atoms with Crippen LogP contribution in [0.5, 0.6) is 0 Å². The van der Waals surface area contributed by atoms with Crippen molar-refractivity contribution >= 4 is 23.0 Å². The molecule has 0 aliphatic carbocycles. The van der Waals surface area contributed by atoms with Crippen molar-refractivity contribution in [1.29, 1.82) is 0 Å². The lowest BCUT2D eigenvalue weighted by Gasteiger charge is -2.19. The number of hydrogen-bond donors (Lipinski definition) is 3. The number of hydrogen-bond acceptors (Lipinski definition) is 7. The molecule has 1 aromatic carbocycles. The Balaban J connectivity index is 2.38. The quantitative estimate of drug-likeness (QED) is 0.438. The van der Waals surface area contributed by atoms with Crippen molar-refractivity contribution < 1.29 is 14.6 Å². The van der Waals surface area contributed by atoms with Crippen LogP contribution in [0.3, 0.4) is 0 Å². The van der Waals surface area contributed by atoms with Crippen LogP contribution in [0, 0.1) is 20.2 Å². The predicted octanol–water partition coefficient (Wildman–Crippen LogP) is 1.79. The maximum Gasteiger partial charge on any atom is 0.373 e. The van der Waals surface area contributed by atoms with Crippen LogP contribution >= 0.6 is 0 Å². The smallest absolute Gasteiger partial charge is 0.342 e. The number of fused-ring (bicyclic) bond motifs is 1. The van der Waals surface area contributed by atoms with E-state index in [0.717, 1.165) is 0 Å². The topological polar surface area (TPSA) is 139 Å². The summed E-state index contributed by atoms with van der Waals surface area (Å²) in [5.74, 6) is -0.993. The molecule has 122 valence electrons. The standard InChI is InChI=1S/C13H15N5O5/c1-13(2,3)16-12(19)10(18(22)23)11-14-8-5-4-7(17(20)21)6-9(8)15-11/h4-6,14-15H,1-3H3,(H,16,19). The third-order valence-electron chi connectivity index (χ3n) is 2.86. The molecule has 3 N–H and O–H groups in total. The lowest BCUT2D eigenvalue weighted by Crippen LogP contribution is -2.43. The van der Waals surface area contributed by atoms with E-state index in [1.54, 1.807) is 20.8 Å². The largest absolute Gasteiger partial charge is 0.373 e. The molecule has 0 saturated heterocycles. The van der Waals surface area contributed by atoms with E-state index in [2.05, 4.69) is 16.0 Å². The van der Waals surface area contributed by atoms with Gasteiger partial charge in [-0.3, -0.25) is 25.0 Å². The first-order chi connectivity index (χ1) is 10.6. The Morgan fingerprint density at radius 2 is 1.74 bits per heavy atom. The lowest BCUT2D eigenvalue weighted by molar-refractivity contribution is -0.420. The monoisotopic (exact) mass is 321 g/mol. The first-order valence-electron chi connectivity index (χ1n) is 6.62.